The Labute approximate surface area is 144 Å². The molecule has 0 radical (unpaired) electrons. The van der Waals surface area contributed by atoms with Crippen LogP contribution in [0.2, 0.25) is 5.02 Å². The second-order valence-electron chi connectivity index (χ2n) is 5.68. The molecule has 1 amide bonds. The first-order valence-electron chi connectivity index (χ1n) is 7.90. The Balaban J connectivity index is 1.48. The van der Waals surface area contributed by atoms with Gasteiger partial charge in [-0.2, -0.15) is 0 Å². The number of ether oxygens (including phenoxy) is 1. The number of nitrogens with one attached hydrogen (secondary N) is 1. The van der Waals surface area contributed by atoms with E-state index in [0.717, 1.165) is 32.8 Å². The second kappa shape index (κ2) is 7.92. The molecule has 1 atom stereocenters. The Morgan fingerprint density at radius 3 is 2.96 bits per heavy atom. The number of hydrogen-bond acceptors (Lipinski definition) is 5. The molecule has 2 aliphatic heterocycles. The molecular formula is C16H19ClFN3O3. The van der Waals surface area contributed by atoms with Crippen LogP contribution in [-0.2, 0) is 14.4 Å². The predicted octanol–water partition coefficient (Wildman–Crippen LogP) is 1.42. The molecule has 2 heterocycles. The number of carbonyl (C=O) groups excluding carboxylic acids is 1. The highest BCUT2D eigenvalue weighted by molar-refractivity contribution is 6.34. The molecule has 6 nitrogen and oxygen atoms in total. The highest BCUT2D eigenvalue weighted by Gasteiger charge is 2.31. The first-order valence-corrected chi connectivity index (χ1v) is 8.28. The van der Waals surface area contributed by atoms with Crippen LogP contribution in [0.1, 0.15) is 12.0 Å². The van der Waals surface area contributed by atoms with Crippen LogP contribution in [-0.4, -0.2) is 62.0 Å². The van der Waals surface area contributed by atoms with Crippen LogP contribution in [0.4, 0.5) is 4.39 Å². The van der Waals surface area contributed by atoms with Crippen molar-refractivity contribution in [1.29, 1.82) is 0 Å². The minimum absolute atomic E-state index is 0.197. The summed E-state index contributed by atoms with van der Waals surface area (Å²) in [5.74, 6) is -0.729. The molecule has 0 unspecified atom stereocenters. The third kappa shape index (κ3) is 4.03. The molecule has 1 N–H and O–H groups in total. The van der Waals surface area contributed by atoms with Crippen LogP contribution in [0.25, 0.3) is 0 Å². The van der Waals surface area contributed by atoms with Crippen molar-refractivity contribution in [3.8, 4) is 0 Å². The monoisotopic (exact) mass is 355 g/mol. The van der Waals surface area contributed by atoms with Crippen LogP contribution in [0.15, 0.2) is 23.4 Å². The van der Waals surface area contributed by atoms with Gasteiger partial charge in [-0.1, -0.05) is 22.8 Å². The van der Waals surface area contributed by atoms with Crippen molar-refractivity contribution < 1.29 is 18.8 Å². The molecule has 0 saturated carbocycles. The van der Waals surface area contributed by atoms with Gasteiger partial charge in [0, 0.05) is 32.6 Å². The molecular weight excluding hydrogens is 337 g/mol. The molecule has 3 rings (SSSR count). The molecule has 0 aliphatic carbocycles. The lowest BCUT2D eigenvalue weighted by Crippen LogP contribution is -2.43. The van der Waals surface area contributed by atoms with Gasteiger partial charge in [-0.3, -0.25) is 9.69 Å². The molecule has 0 spiro atoms. The maximum absolute atomic E-state index is 13.9. The summed E-state index contributed by atoms with van der Waals surface area (Å²) in [6.07, 6.45) is -0.551. The molecule has 130 valence electrons. The highest BCUT2D eigenvalue weighted by Crippen LogP contribution is 2.25. The lowest BCUT2D eigenvalue weighted by molar-refractivity contribution is -0.131. The number of oxime groups is 1. The predicted molar refractivity (Wildman–Crippen MR) is 87.7 cm³/mol. The minimum atomic E-state index is -0.750. The fourth-order valence-electron chi connectivity index (χ4n) is 2.71. The summed E-state index contributed by atoms with van der Waals surface area (Å²) in [5.41, 5.74) is 0.550. The van der Waals surface area contributed by atoms with Crippen molar-refractivity contribution in [2.24, 2.45) is 5.16 Å². The molecule has 0 bridgehead atoms. The van der Waals surface area contributed by atoms with Gasteiger partial charge in [-0.05, 0) is 12.1 Å². The normalized spacial score (nSPS) is 21.2. The Morgan fingerprint density at radius 1 is 1.42 bits per heavy atom. The van der Waals surface area contributed by atoms with E-state index in [4.69, 9.17) is 21.2 Å². The first kappa shape index (κ1) is 17.1. The van der Waals surface area contributed by atoms with E-state index in [1.165, 1.54) is 12.1 Å². The lowest BCUT2D eigenvalue weighted by atomic mass is 10.0. The van der Waals surface area contributed by atoms with E-state index in [0.29, 0.717) is 12.3 Å². The van der Waals surface area contributed by atoms with E-state index in [9.17, 15) is 9.18 Å². The number of halogens is 2. The van der Waals surface area contributed by atoms with Gasteiger partial charge in [0.1, 0.15) is 5.82 Å². The third-order valence-electron chi connectivity index (χ3n) is 4.04. The van der Waals surface area contributed by atoms with Crippen LogP contribution in [0, 0.1) is 5.82 Å². The summed E-state index contributed by atoms with van der Waals surface area (Å²) in [4.78, 5) is 19.5. The van der Waals surface area contributed by atoms with Crippen molar-refractivity contribution in [1.82, 2.24) is 10.2 Å². The summed E-state index contributed by atoms with van der Waals surface area (Å²) in [5, 5.41) is 6.91. The van der Waals surface area contributed by atoms with Crippen molar-refractivity contribution in [2.75, 3.05) is 39.4 Å². The number of amides is 1. The SMILES string of the molecule is O=C(NCCN1CCOCC1)[C@H]1CC(c2c(F)cccc2Cl)=NO1. The largest absolute Gasteiger partial charge is 0.382 e. The van der Waals surface area contributed by atoms with Crippen LogP contribution >= 0.6 is 11.6 Å². The zero-order valence-electron chi connectivity index (χ0n) is 13.1. The molecule has 1 saturated heterocycles. The highest BCUT2D eigenvalue weighted by atomic mass is 35.5. The van der Waals surface area contributed by atoms with Gasteiger partial charge in [0.05, 0.1) is 29.5 Å². The van der Waals surface area contributed by atoms with Gasteiger partial charge in [0.15, 0.2) is 0 Å². The fourth-order valence-corrected chi connectivity index (χ4v) is 2.99. The van der Waals surface area contributed by atoms with Crippen molar-refractivity contribution >= 4 is 23.2 Å². The Kier molecular flexibility index (Phi) is 5.65. The van der Waals surface area contributed by atoms with Gasteiger partial charge >= 0.3 is 0 Å². The lowest BCUT2D eigenvalue weighted by Gasteiger charge is -2.26. The van der Waals surface area contributed by atoms with E-state index in [-0.39, 0.29) is 22.9 Å². The van der Waals surface area contributed by atoms with E-state index in [2.05, 4.69) is 15.4 Å². The number of rotatable bonds is 5. The summed E-state index contributed by atoms with van der Waals surface area (Å²) in [6, 6.07) is 4.41. The quantitative estimate of drug-likeness (QED) is 0.867. The van der Waals surface area contributed by atoms with Crippen LogP contribution < -0.4 is 5.32 Å². The van der Waals surface area contributed by atoms with E-state index in [1.807, 2.05) is 0 Å². The Morgan fingerprint density at radius 2 is 2.21 bits per heavy atom. The van der Waals surface area contributed by atoms with Gasteiger partial charge in [0.25, 0.3) is 5.91 Å². The third-order valence-corrected chi connectivity index (χ3v) is 4.36. The topological polar surface area (TPSA) is 63.2 Å². The molecule has 24 heavy (non-hydrogen) atoms. The molecule has 1 aromatic rings. The fraction of sp³-hybridized carbons (Fsp3) is 0.500. The van der Waals surface area contributed by atoms with E-state index < -0.39 is 11.9 Å². The Bertz CT molecular complexity index is 615. The molecule has 8 heteroatoms. The van der Waals surface area contributed by atoms with Crippen molar-refractivity contribution in [3.63, 3.8) is 0 Å². The average Bonchev–Trinajstić information content (AvgIpc) is 3.05. The summed E-state index contributed by atoms with van der Waals surface area (Å²) in [7, 11) is 0. The summed E-state index contributed by atoms with van der Waals surface area (Å²) < 4.78 is 19.2. The number of hydrogen-bond donors (Lipinski definition) is 1. The first-order chi connectivity index (χ1) is 11.6. The summed E-state index contributed by atoms with van der Waals surface area (Å²) in [6.45, 7) is 4.47. The van der Waals surface area contributed by atoms with E-state index in [1.54, 1.807) is 6.07 Å². The van der Waals surface area contributed by atoms with Crippen molar-refractivity contribution in [2.45, 2.75) is 12.5 Å². The molecule has 0 aromatic heterocycles. The minimum Gasteiger partial charge on any atom is -0.382 e. The number of carbonyl (C=O) groups is 1. The van der Waals surface area contributed by atoms with Gasteiger partial charge in [-0.25, -0.2) is 4.39 Å². The van der Waals surface area contributed by atoms with E-state index >= 15 is 0 Å². The number of morpholine rings is 1. The van der Waals surface area contributed by atoms with Gasteiger partial charge in [-0.15, -0.1) is 0 Å². The zero-order valence-corrected chi connectivity index (χ0v) is 13.9. The maximum Gasteiger partial charge on any atom is 0.264 e. The molecule has 2 aliphatic rings. The number of nitrogens with zero attached hydrogens (tertiary/aromatic N) is 2. The smallest absolute Gasteiger partial charge is 0.264 e. The summed E-state index contributed by atoms with van der Waals surface area (Å²) >= 11 is 6.01. The molecule has 1 aromatic carbocycles. The maximum atomic E-state index is 13.9. The second-order valence-corrected chi connectivity index (χ2v) is 6.09. The van der Waals surface area contributed by atoms with Crippen LogP contribution in [0.3, 0.4) is 0 Å². The Hall–Kier alpha value is -1.70. The standard InChI is InChI=1S/C16H19ClFN3O3/c17-11-2-1-3-12(18)15(11)13-10-14(24-20-13)16(22)19-4-5-21-6-8-23-9-7-21/h1-3,14H,4-10H2,(H,19,22)/t14-/m1/s1. The van der Waals surface area contributed by atoms with Crippen LogP contribution in [0.5, 0.6) is 0 Å². The van der Waals surface area contributed by atoms with Gasteiger partial charge in [0.2, 0.25) is 6.10 Å². The number of benzene rings is 1. The van der Waals surface area contributed by atoms with Gasteiger partial charge < -0.3 is 14.9 Å². The van der Waals surface area contributed by atoms with Crippen molar-refractivity contribution in [3.05, 3.63) is 34.6 Å². The zero-order chi connectivity index (χ0) is 16.9. The average molecular weight is 356 g/mol. The molecule has 1 fully saturated rings.